The molecular formula is C13H24N2O4. The first-order valence-corrected chi connectivity index (χ1v) is 6.76. The first-order valence-electron chi connectivity index (χ1n) is 6.76. The first-order chi connectivity index (χ1) is 9.03. The number of carboxylic acids is 1. The van der Waals surface area contributed by atoms with Crippen LogP contribution in [-0.2, 0) is 9.53 Å². The van der Waals surface area contributed by atoms with Crippen LogP contribution in [0.4, 0.5) is 4.79 Å². The zero-order valence-corrected chi connectivity index (χ0v) is 11.8. The second-order valence-corrected chi connectivity index (χ2v) is 5.12. The number of urea groups is 1. The van der Waals surface area contributed by atoms with Crippen LogP contribution in [0, 0.1) is 5.41 Å². The molecule has 0 bridgehead atoms. The van der Waals surface area contributed by atoms with Crippen molar-refractivity contribution in [3.63, 3.8) is 0 Å². The summed E-state index contributed by atoms with van der Waals surface area (Å²) in [7, 11) is 1.68. The minimum Gasteiger partial charge on any atom is -0.481 e. The molecule has 6 nitrogen and oxygen atoms in total. The number of methoxy groups -OCH3 is 1. The van der Waals surface area contributed by atoms with Gasteiger partial charge >= 0.3 is 12.0 Å². The van der Waals surface area contributed by atoms with Crippen LogP contribution in [0.2, 0.25) is 0 Å². The number of amides is 2. The highest BCUT2D eigenvalue weighted by Crippen LogP contribution is 2.48. The third-order valence-corrected chi connectivity index (χ3v) is 3.67. The van der Waals surface area contributed by atoms with Crippen molar-refractivity contribution in [1.82, 2.24) is 10.2 Å². The first kappa shape index (κ1) is 15.8. The predicted octanol–water partition coefficient (Wildman–Crippen LogP) is 1.31. The van der Waals surface area contributed by atoms with Gasteiger partial charge in [0.25, 0.3) is 0 Å². The van der Waals surface area contributed by atoms with Gasteiger partial charge in [0.2, 0.25) is 0 Å². The van der Waals surface area contributed by atoms with Gasteiger partial charge in [0, 0.05) is 33.4 Å². The normalized spacial score (nSPS) is 15.9. The molecule has 0 aromatic carbocycles. The van der Waals surface area contributed by atoms with Crippen LogP contribution >= 0.6 is 0 Å². The van der Waals surface area contributed by atoms with E-state index in [4.69, 9.17) is 9.84 Å². The minimum atomic E-state index is -0.884. The SMILES string of the molecule is CCN(CCC(=O)O)C(=O)NCC1(CCOC)CC1. The zero-order valence-electron chi connectivity index (χ0n) is 11.8. The minimum absolute atomic E-state index is 0.0178. The number of aliphatic carboxylic acids is 1. The van der Waals surface area contributed by atoms with Crippen molar-refractivity contribution in [2.24, 2.45) is 5.41 Å². The standard InChI is InChI=1S/C13H24N2O4/c1-3-15(8-4-11(16)17)12(18)14-10-13(5-6-13)7-9-19-2/h3-10H2,1-2H3,(H,14,18)(H,16,17). The number of ether oxygens (including phenoxy) is 1. The Morgan fingerprint density at radius 1 is 1.42 bits per heavy atom. The monoisotopic (exact) mass is 272 g/mol. The maximum atomic E-state index is 11.9. The summed E-state index contributed by atoms with van der Waals surface area (Å²) < 4.78 is 5.07. The Bertz CT molecular complexity index is 316. The second kappa shape index (κ2) is 7.33. The highest BCUT2D eigenvalue weighted by Gasteiger charge is 2.42. The third kappa shape index (κ3) is 5.46. The molecule has 0 radical (unpaired) electrons. The Morgan fingerprint density at radius 2 is 2.11 bits per heavy atom. The maximum Gasteiger partial charge on any atom is 0.317 e. The summed E-state index contributed by atoms with van der Waals surface area (Å²) in [5.74, 6) is -0.884. The Morgan fingerprint density at radius 3 is 2.58 bits per heavy atom. The Hall–Kier alpha value is -1.30. The van der Waals surface area contributed by atoms with Crippen molar-refractivity contribution >= 4 is 12.0 Å². The van der Waals surface area contributed by atoms with E-state index in [1.807, 2.05) is 6.92 Å². The molecule has 0 aromatic rings. The van der Waals surface area contributed by atoms with Gasteiger partial charge in [-0.3, -0.25) is 4.79 Å². The summed E-state index contributed by atoms with van der Waals surface area (Å²) >= 11 is 0. The van der Waals surface area contributed by atoms with Crippen molar-refractivity contribution in [2.75, 3.05) is 33.4 Å². The molecule has 19 heavy (non-hydrogen) atoms. The highest BCUT2D eigenvalue weighted by molar-refractivity contribution is 5.75. The van der Waals surface area contributed by atoms with Crippen molar-refractivity contribution in [3.05, 3.63) is 0 Å². The van der Waals surface area contributed by atoms with Gasteiger partial charge in [0.15, 0.2) is 0 Å². The number of hydrogen-bond donors (Lipinski definition) is 2. The molecule has 0 atom stereocenters. The molecule has 1 rings (SSSR count). The third-order valence-electron chi connectivity index (χ3n) is 3.67. The topological polar surface area (TPSA) is 78.9 Å². The maximum absolute atomic E-state index is 11.9. The van der Waals surface area contributed by atoms with E-state index in [1.54, 1.807) is 7.11 Å². The lowest BCUT2D eigenvalue weighted by Gasteiger charge is -2.23. The number of carbonyl (C=O) groups is 2. The number of hydrogen-bond acceptors (Lipinski definition) is 3. The molecule has 0 unspecified atom stereocenters. The van der Waals surface area contributed by atoms with Crippen LogP contribution in [0.5, 0.6) is 0 Å². The highest BCUT2D eigenvalue weighted by atomic mass is 16.5. The molecule has 0 saturated heterocycles. The van der Waals surface area contributed by atoms with Crippen LogP contribution in [0.1, 0.15) is 32.6 Å². The lowest BCUT2D eigenvalue weighted by molar-refractivity contribution is -0.137. The molecular weight excluding hydrogens is 248 g/mol. The molecule has 0 aliphatic heterocycles. The van der Waals surface area contributed by atoms with E-state index in [2.05, 4.69) is 5.32 Å². The predicted molar refractivity (Wildman–Crippen MR) is 71.1 cm³/mol. The quantitative estimate of drug-likeness (QED) is 0.663. The summed E-state index contributed by atoms with van der Waals surface area (Å²) in [6, 6.07) is -0.174. The molecule has 0 spiro atoms. The van der Waals surface area contributed by atoms with E-state index in [0.717, 1.165) is 19.3 Å². The van der Waals surface area contributed by atoms with Crippen molar-refractivity contribution < 1.29 is 19.4 Å². The van der Waals surface area contributed by atoms with E-state index in [1.165, 1.54) is 4.90 Å². The summed E-state index contributed by atoms with van der Waals surface area (Å²) in [5.41, 5.74) is 0.206. The van der Waals surface area contributed by atoms with Crippen LogP contribution in [0.25, 0.3) is 0 Å². The average molecular weight is 272 g/mol. The zero-order chi connectivity index (χ0) is 14.3. The van der Waals surface area contributed by atoms with Gasteiger partial charge in [-0.15, -0.1) is 0 Å². The molecule has 2 amide bonds. The van der Waals surface area contributed by atoms with Gasteiger partial charge in [-0.05, 0) is 31.6 Å². The van der Waals surface area contributed by atoms with E-state index in [0.29, 0.717) is 19.7 Å². The summed E-state index contributed by atoms with van der Waals surface area (Å²) in [6.45, 7) is 3.98. The summed E-state index contributed by atoms with van der Waals surface area (Å²) in [5, 5.41) is 11.5. The molecule has 1 fully saturated rings. The Balaban J connectivity index is 2.30. The smallest absolute Gasteiger partial charge is 0.317 e. The van der Waals surface area contributed by atoms with Gasteiger partial charge in [0.05, 0.1) is 6.42 Å². The number of carbonyl (C=O) groups excluding carboxylic acids is 1. The van der Waals surface area contributed by atoms with Gasteiger partial charge in [-0.25, -0.2) is 4.79 Å². The van der Waals surface area contributed by atoms with Crippen LogP contribution in [0.15, 0.2) is 0 Å². The Kier molecular flexibility index (Phi) is 6.08. The number of nitrogens with one attached hydrogen (secondary N) is 1. The second-order valence-electron chi connectivity index (χ2n) is 5.12. The van der Waals surface area contributed by atoms with Gasteiger partial charge in [0.1, 0.15) is 0 Å². The number of nitrogens with zero attached hydrogens (tertiary/aromatic N) is 1. The fraction of sp³-hybridized carbons (Fsp3) is 0.846. The molecule has 1 saturated carbocycles. The van der Waals surface area contributed by atoms with Crippen molar-refractivity contribution in [1.29, 1.82) is 0 Å². The molecule has 110 valence electrons. The Labute approximate surface area is 114 Å². The van der Waals surface area contributed by atoms with Crippen molar-refractivity contribution in [2.45, 2.75) is 32.6 Å². The van der Waals surface area contributed by atoms with Crippen LogP contribution in [-0.4, -0.2) is 55.4 Å². The fourth-order valence-electron chi connectivity index (χ4n) is 2.02. The van der Waals surface area contributed by atoms with Gasteiger partial charge in [-0.1, -0.05) is 0 Å². The largest absolute Gasteiger partial charge is 0.481 e. The van der Waals surface area contributed by atoms with Crippen LogP contribution in [0.3, 0.4) is 0 Å². The van der Waals surface area contributed by atoms with Crippen molar-refractivity contribution in [3.8, 4) is 0 Å². The molecule has 2 N–H and O–H groups in total. The molecule has 1 aliphatic carbocycles. The summed E-state index contributed by atoms with van der Waals surface area (Å²) in [6.07, 6.45) is 3.19. The van der Waals surface area contributed by atoms with E-state index in [-0.39, 0.29) is 24.4 Å². The lowest BCUT2D eigenvalue weighted by atomic mass is 10.0. The molecule has 6 heteroatoms. The van der Waals surface area contributed by atoms with E-state index in [9.17, 15) is 9.59 Å². The number of carboxylic acid groups (broad SMARTS) is 1. The molecule has 0 heterocycles. The molecule has 1 aliphatic rings. The summed E-state index contributed by atoms with van der Waals surface area (Å²) in [4.78, 5) is 24.0. The fourth-order valence-corrected chi connectivity index (χ4v) is 2.02. The van der Waals surface area contributed by atoms with E-state index < -0.39 is 5.97 Å². The average Bonchev–Trinajstić information content (AvgIpc) is 3.15. The van der Waals surface area contributed by atoms with Crippen LogP contribution < -0.4 is 5.32 Å². The van der Waals surface area contributed by atoms with E-state index >= 15 is 0 Å². The lowest BCUT2D eigenvalue weighted by Crippen LogP contribution is -2.43. The van der Waals surface area contributed by atoms with Gasteiger partial charge < -0.3 is 20.1 Å². The van der Waals surface area contributed by atoms with Gasteiger partial charge in [-0.2, -0.15) is 0 Å². The molecule has 0 aromatic heterocycles. The number of rotatable bonds is 9.